The van der Waals surface area contributed by atoms with E-state index in [1.54, 1.807) is 0 Å². The van der Waals surface area contributed by atoms with Gasteiger partial charge in [0.2, 0.25) is 0 Å². The van der Waals surface area contributed by atoms with Crippen LogP contribution in [0.25, 0.3) is 11.0 Å². The molecule has 0 aliphatic carbocycles. The van der Waals surface area contributed by atoms with E-state index in [0.717, 1.165) is 23.4 Å². The van der Waals surface area contributed by atoms with E-state index in [9.17, 15) is 13.2 Å². The third kappa shape index (κ3) is 4.99. The second-order valence-electron chi connectivity index (χ2n) is 5.58. The average molecular weight is 424 g/mol. The number of para-hydroxylation sites is 1. The number of imidazole rings is 1. The molecule has 26 heavy (non-hydrogen) atoms. The number of nitrogens with zero attached hydrogens (tertiary/aromatic N) is 2. The number of anilines is 1. The highest BCUT2D eigenvalue weighted by atomic mass is 35.5. The number of aromatic amines is 1. The third-order valence-electron chi connectivity index (χ3n) is 3.63. The van der Waals surface area contributed by atoms with Gasteiger partial charge in [-0.05, 0) is 29.8 Å². The van der Waals surface area contributed by atoms with Gasteiger partial charge >= 0.3 is 6.18 Å². The van der Waals surface area contributed by atoms with Crippen LogP contribution in [-0.2, 0) is 11.9 Å². The molecular weight excluding hydrogens is 406 g/mol. The lowest BCUT2D eigenvalue weighted by Crippen LogP contribution is -2.10. The van der Waals surface area contributed by atoms with Gasteiger partial charge in [-0.2, -0.15) is 13.2 Å². The second-order valence-corrected chi connectivity index (χ2v) is 6.55. The summed E-state index contributed by atoms with van der Waals surface area (Å²) < 4.78 is 38.3. The van der Waals surface area contributed by atoms with Crippen molar-refractivity contribution < 1.29 is 13.2 Å². The minimum absolute atomic E-state index is 0. The Balaban J connectivity index is 0.00000169. The highest BCUT2D eigenvalue weighted by Gasteiger charge is 2.30. The van der Waals surface area contributed by atoms with Gasteiger partial charge in [-0.1, -0.05) is 30.0 Å². The molecule has 0 unspecified atom stereocenters. The first-order chi connectivity index (χ1) is 11.3. The molecule has 2 aromatic carbocycles. The van der Waals surface area contributed by atoms with Crippen LogP contribution in [-0.4, -0.2) is 24.1 Å². The smallest absolute Gasteiger partial charge is 0.377 e. The summed E-state index contributed by atoms with van der Waals surface area (Å²) in [6.45, 7) is 0. The van der Waals surface area contributed by atoms with E-state index in [4.69, 9.17) is 0 Å². The summed E-state index contributed by atoms with van der Waals surface area (Å²) in [5, 5.41) is 0.609. The van der Waals surface area contributed by atoms with Gasteiger partial charge in [-0.3, -0.25) is 0 Å². The van der Waals surface area contributed by atoms with Gasteiger partial charge in [0, 0.05) is 25.5 Å². The lowest BCUT2D eigenvalue weighted by molar-refractivity contribution is -0.137. The lowest BCUT2D eigenvalue weighted by Gasteiger charge is -2.16. The summed E-state index contributed by atoms with van der Waals surface area (Å²) in [4.78, 5) is 9.37. The molecule has 3 nitrogen and oxygen atoms in total. The highest BCUT2D eigenvalue weighted by Crippen LogP contribution is 2.32. The predicted molar refractivity (Wildman–Crippen MR) is 106 cm³/mol. The number of alkyl halides is 3. The second kappa shape index (κ2) is 8.88. The molecule has 0 saturated carbocycles. The van der Waals surface area contributed by atoms with Crippen LogP contribution in [0.2, 0.25) is 0 Å². The minimum atomic E-state index is -4.36. The quantitative estimate of drug-likeness (QED) is 0.539. The Kier molecular flexibility index (Phi) is 7.68. The summed E-state index contributed by atoms with van der Waals surface area (Å²) in [6.07, 6.45) is -4.36. The number of thioether (sulfide) groups is 1. The fraction of sp³-hybridized carbons (Fsp3) is 0.235. The molecule has 3 aromatic rings. The van der Waals surface area contributed by atoms with E-state index in [1.165, 1.54) is 17.8 Å². The van der Waals surface area contributed by atoms with E-state index >= 15 is 0 Å². The molecule has 1 heterocycles. The number of halogens is 5. The zero-order valence-electron chi connectivity index (χ0n) is 14.0. The maximum absolute atomic E-state index is 12.8. The van der Waals surface area contributed by atoms with Crippen molar-refractivity contribution in [1.82, 2.24) is 9.97 Å². The number of rotatable bonds is 4. The standard InChI is InChI=1S/C17H16F3N3S.2ClH/c1-23(2)15-6-4-3-5-11(15)10-24-16-21-13-8-7-12(17(18,19)20)9-14(13)22-16;;/h3-9H,10H2,1-2H3,(H,21,22);2*1H. The van der Waals surface area contributed by atoms with Crippen LogP contribution in [0.3, 0.4) is 0 Å². The molecule has 0 bridgehead atoms. The maximum atomic E-state index is 12.8. The van der Waals surface area contributed by atoms with E-state index in [0.29, 0.717) is 21.9 Å². The normalized spacial score (nSPS) is 11.0. The summed E-state index contributed by atoms with van der Waals surface area (Å²) in [5.74, 6) is 0.681. The van der Waals surface area contributed by atoms with Gasteiger partial charge in [-0.25, -0.2) is 4.98 Å². The highest BCUT2D eigenvalue weighted by molar-refractivity contribution is 7.98. The predicted octanol–water partition coefficient (Wildman–Crippen LogP) is 5.78. The number of nitrogens with one attached hydrogen (secondary N) is 1. The van der Waals surface area contributed by atoms with E-state index in [2.05, 4.69) is 9.97 Å². The SMILES string of the molecule is CN(C)c1ccccc1CSc1nc2cc(C(F)(F)F)ccc2[nH]1.Cl.Cl. The average Bonchev–Trinajstić information content (AvgIpc) is 2.94. The lowest BCUT2D eigenvalue weighted by atomic mass is 10.2. The molecule has 9 heteroatoms. The summed E-state index contributed by atoms with van der Waals surface area (Å²) in [6, 6.07) is 11.6. The first-order valence-electron chi connectivity index (χ1n) is 7.29. The van der Waals surface area contributed by atoms with Gasteiger partial charge in [0.15, 0.2) is 5.16 Å². The Morgan fingerprint density at radius 3 is 2.42 bits per heavy atom. The number of hydrogen-bond donors (Lipinski definition) is 1. The molecule has 0 fully saturated rings. The number of benzene rings is 2. The van der Waals surface area contributed by atoms with E-state index in [1.807, 2.05) is 43.3 Å². The fourth-order valence-corrected chi connectivity index (χ4v) is 3.32. The molecule has 0 atom stereocenters. The third-order valence-corrected chi connectivity index (χ3v) is 4.55. The van der Waals surface area contributed by atoms with Crippen LogP contribution < -0.4 is 4.90 Å². The Morgan fingerprint density at radius 2 is 1.77 bits per heavy atom. The largest absolute Gasteiger partial charge is 0.416 e. The van der Waals surface area contributed by atoms with Crippen LogP contribution in [0.4, 0.5) is 18.9 Å². The van der Waals surface area contributed by atoms with Gasteiger partial charge in [0.1, 0.15) is 0 Å². The molecule has 0 aliphatic heterocycles. The maximum Gasteiger partial charge on any atom is 0.416 e. The van der Waals surface area contributed by atoms with Gasteiger partial charge in [0.25, 0.3) is 0 Å². The monoisotopic (exact) mass is 423 g/mol. The number of fused-ring (bicyclic) bond motifs is 1. The van der Waals surface area contributed by atoms with Crippen LogP contribution >= 0.6 is 36.6 Å². The molecule has 0 aliphatic rings. The van der Waals surface area contributed by atoms with E-state index in [-0.39, 0.29) is 24.8 Å². The summed E-state index contributed by atoms with van der Waals surface area (Å²) in [5.41, 5.74) is 2.50. The van der Waals surface area contributed by atoms with Crippen LogP contribution in [0.5, 0.6) is 0 Å². The Morgan fingerprint density at radius 1 is 1.08 bits per heavy atom. The molecule has 3 rings (SSSR count). The number of aromatic nitrogens is 2. The van der Waals surface area contributed by atoms with Crippen molar-refractivity contribution in [3.63, 3.8) is 0 Å². The van der Waals surface area contributed by atoms with Crippen molar-refractivity contribution >= 4 is 53.3 Å². The molecular formula is C17H18Cl2F3N3S. The van der Waals surface area contributed by atoms with Crippen molar-refractivity contribution in [2.75, 3.05) is 19.0 Å². The summed E-state index contributed by atoms with van der Waals surface area (Å²) >= 11 is 1.47. The zero-order chi connectivity index (χ0) is 17.3. The minimum Gasteiger partial charge on any atom is -0.377 e. The molecule has 0 saturated heterocycles. The van der Waals surface area contributed by atoms with Crippen molar-refractivity contribution in [2.24, 2.45) is 0 Å². The van der Waals surface area contributed by atoms with Crippen molar-refractivity contribution in [2.45, 2.75) is 17.1 Å². The Labute approximate surface area is 166 Å². The van der Waals surface area contributed by atoms with Crippen LogP contribution in [0, 0.1) is 0 Å². The molecule has 0 radical (unpaired) electrons. The van der Waals surface area contributed by atoms with Crippen molar-refractivity contribution in [3.8, 4) is 0 Å². The van der Waals surface area contributed by atoms with Gasteiger partial charge in [-0.15, -0.1) is 24.8 Å². The van der Waals surface area contributed by atoms with Crippen LogP contribution in [0.1, 0.15) is 11.1 Å². The van der Waals surface area contributed by atoms with Crippen molar-refractivity contribution in [3.05, 3.63) is 53.6 Å². The molecule has 1 aromatic heterocycles. The van der Waals surface area contributed by atoms with Gasteiger partial charge in [0.05, 0.1) is 16.6 Å². The summed E-state index contributed by atoms with van der Waals surface area (Å²) in [7, 11) is 3.95. The Hall–Kier alpha value is -1.57. The number of hydrogen-bond acceptors (Lipinski definition) is 3. The molecule has 0 amide bonds. The van der Waals surface area contributed by atoms with Gasteiger partial charge < -0.3 is 9.88 Å². The first-order valence-corrected chi connectivity index (χ1v) is 8.28. The van der Waals surface area contributed by atoms with Crippen LogP contribution in [0.15, 0.2) is 47.6 Å². The Bertz CT molecular complexity index is 866. The topological polar surface area (TPSA) is 31.9 Å². The molecule has 142 valence electrons. The fourth-order valence-electron chi connectivity index (χ4n) is 2.44. The van der Waals surface area contributed by atoms with E-state index < -0.39 is 11.7 Å². The first kappa shape index (κ1) is 22.5. The zero-order valence-corrected chi connectivity index (χ0v) is 16.5. The molecule has 1 N–H and O–H groups in total. The number of H-pyrrole nitrogens is 1. The molecule has 0 spiro atoms. The van der Waals surface area contributed by atoms with Crippen molar-refractivity contribution in [1.29, 1.82) is 0 Å².